The van der Waals surface area contributed by atoms with Crippen molar-refractivity contribution >= 4 is 11.9 Å². The monoisotopic (exact) mass is 307 g/mol. The molecule has 0 fully saturated rings. The van der Waals surface area contributed by atoms with Gasteiger partial charge >= 0.3 is 5.97 Å². The van der Waals surface area contributed by atoms with Gasteiger partial charge in [-0.05, 0) is 31.4 Å². The maximum atomic E-state index is 12.3. The molecule has 0 aliphatic rings. The first-order valence-corrected chi connectivity index (χ1v) is 7.37. The van der Waals surface area contributed by atoms with Crippen LogP contribution in [-0.2, 0) is 25.5 Å². The second-order valence-corrected chi connectivity index (χ2v) is 5.31. The number of benzene rings is 1. The molecule has 122 valence electrons. The summed E-state index contributed by atoms with van der Waals surface area (Å²) < 4.78 is 9.62. The van der Waals surface area contributed by atoms with Gasteiger partial charge in [0.2, 0.25) is 5.91 Å². The van der Waals surface area contributed by atoms with Gasteiger partial charge in [0.1, 0.15) is 6.54 Å². The molecule has 0 atom stereocenters. The lowest BCUT2D eigenvalue weighted by atomic mass is 10.0. The Hall–Kier alpha value is -1.88. The highest BCUT2D eigenvalue weighted by molar-refractivity contribution is 5.82. The predicted molar refractivity (Wildman–Crippen MR) is 84.7 cm³/mol. The maximum Gasteiger partial charge on any atom is 0.325 e. The average molecular weight is 307 g/mol. The van der Waals surface area contributed by atoms with Crippen molar-refractivity contribution in [1.29, 1.82) is 0 Å². The van der Waals surface area contributed by atoms with Gasteiger partial charge in [-0.25, -0.2) is 0 Å². The maximum absolute atomic E-state index is 12.3. The number of methoxy groups -OCH3 is 2. The zero-order valence-corrected chi connectivity index (χ0v) is 13.8. The third-order valence-corrected chi connectivity index (χ3v) is 3.57. The van der Waals surface area contributed by atoms with Crippen LogP contribution in [0.25, 0.3) is 0 Å². The Morgan fingerprint density at radius 2 is 1.91 bits per heavy atom. The quantitative estimate of drug-likeness (QED) is 0.688. The Balaban J connectivity index is 2.63. The van der Waals surface area contributed by atoms with Crippen LogP contribution in [0.2, 0.25) is 0 Å². The third-order valence-electron chi connectivity index (χ3n) is 3.57. The number of aryl methyl sites for hydroxylation is 3. The second kappa shape index (κ2) is 9.20. The second-order valence-electron chi connectivity index (χ2n) is 5.31. The number of ether oxygens (including phenoxy) is 2. The van der Waals surface area contributed by atoms with Crippen LogP contribution in [0.1, 0.15) is 23.1 Å². The van der Waals surface area contributed by atoms with Gasteiger partial charge in [0.15, 0.2) is 0 Å². The lowest BCUT2D eigenvalue weighted by Gasteiger charge is -2.21. The largest absolute Gasteiger partial charge is 0.468 e. The number of hydrogen-bond donors (Lipinski definition) is 0. The summed E-state index contributed by atoms with van der Waals surface area (Å²) in [6.07, 6.45) is 1.03. The normalized spacial score (nSPS) is 10.4. The van der Waals surface area contributed by atoms with Gasteiger partial charge < -0.3 is 14.4 Å². The van der Waals surface area contributed by atoms with E-state index in [9.17, 15) is 9.59 Å². The molecule has 5 nitrogen and oxygen atoms in total. The topological polar surface area (TPSA) is 55.8 Å². The Bertz CT molecular complexity index is 513. The number of amides is 1. The van der Waals surface area contributed by atoms with Crippen LogP contribution < -0.4 is 0 Å². The van der Waals surface area contributed by atoms with E-state index in [1.54, 1.807) is 7.11 Å². The summed E-state index contributed by atoms with van der Waals surface area (Å²) >= 11 is 0. The minimum Gasteiger partial charge on any atom is -0.468 e. The van der Waals surface area contributed by atoms with E-state index in [0.29, 0.717) is 26.0 Å². The van der Waals surface area contributed by atoms with E-state index in [4.69, 9.17) is 4.74 Å². The summed E-state index contributed by atoms with van der Waals surface area (Å²) in [5.41, 5.74) is 3.55. The average Bonchev–Trinajstić information content (AvgIpc) is 2.49. The molecule has 1 aromatic carbocycles. The first kappa shape index (κ1) is 18.2. The SMILES string of the molecule is COCCN(CC(=O)OC)C(=O)CCc1ccc(C)cc1C. The van der Waals surface area contributed by atoms with E-state index in [1.165, 1.54) is 23.1 Å². The molecule has 1 aromatic rings. The molecule has 0 bridgehead atoms. The van der Waals surface area contributed by atoms with E-state index in [-0.39, 0.29) is 12.5 Å². The summed E-state index contributed by atoms with van der Waals surface area (Å²) in [6.45, 7) is 4.84. The lowest BCUT2D eigenvalue weighted by Crippen LogP contribution is -2.38. The van der Waals surface area contributed by atoms with Crippen LogP contribution in [-0.4, -0.2) is 50.7 Å². The van der Waals surface area contributed by atoms with Crippen molar-refractivity contribution in [3.8, 4) is 0 Å². The highest BCUT2D eigenvalue weighted by Crippen LogP contribution is 2.13. The molecule has 5 heteroatoms. The van der Waals surface area contributed by atoms with Crippen molar-refractivity contribution < 1.29 is 19.1 Å². The van der Waals surface area contributed by atoms with E-state index in [2.05, 4.69) is 16.9 Å². The highest BCUT2D eigenvalue weighted by Gasteiger charge is 2.17. The highest BCUT2D eigenvalue weighted by atomic mass is 16.5. The summed E-state index contributed by atoms with van der Waals surface area (Å²) in [6, 6.07) is 6.21. The van der Waals surface area contributed by atoms with Crippen LogP contribution >= 0.6 is 0 Å². The van der Waals surface area contributed by atoms with Gasteiger partial charge in [0.25, 0.3) is 0 Å². The number of carbonyl (C=O) groups is 2. The van der Waals surface area contributed by atoms with Gasteiger partial charge in [-0.15, -0.1) is 0 Å². The molecule has 0 aliphatic carbocycles. The van der Waals surface area contributed by atoms with Gasteiger partial charge in [-0.3, -0.25) is 9.59 Å². The molecular weight excluding hydrogens is 282 g/mol. The number of carbonyl (C=O) groups excluding carboxylic acids is 2. The molecule has 22 heavy (non-hydrogen) atoms. The van der Waals surface area contributed by atoms with Crippen molar-refractivity contribution in [2.45, 2.75) is 26.7 Å². The molecule has 1 amide bonds. The summed E-state index contributed by atoms with van der Waals surface area (Å²) in [5.74, 6) is -0.488. The molecule has 1 rings (SSSR count). The summed E-state index contributed by atoms with van der Waals surface area (Å²) in [5, 5.41) is 0. The van der Waals surface area contributed by atoms with Crippen molar-refractivity contribution in [2.75, 3.05) is 33.9 Å². The minimum absolute atomic E-state index is 0.0361. The Morgan fingerprint density at radius 3 is 2.50 bits per heavy atom. The molecule has 0 unspecified atom stereocenters. The van der Waals surface area contributed by atoms with Crippen molar-refractivity contribution in [3.05, 3.63) is 34.9 Å². The van der Waals surface area contributed by atoms with E-state index in [0.717, 1.165) is 5.56 Å². The third kappa shape index (κ3) is 5.85. The minimum atomic E-state index is -0.420. The zero-order valence-electron chi connectivity index (χ0n) is 13.8. The Labute approximate surface area is 132 Å². The van der Waals surface area contributed by atoms with Crippen molar-refractivity contribution in [3.63, 3.8) is 0 Å². The predicted octanol–water partition coefficient (Wildman–Crippen LogP) is 1.88. The van der Waals surface area contributed by atoms with E-state index >= 15 is 0 Å². The molecule has 0 heterocycles. The van der Waals surface area contributed by atoms with Crippen LogP contribution in [0.15, 0.2) is 18.2 Å². The molecule has 0 radical (unpaired) electrons. The van der Waals surface area contributed by atoms with Crippen molar-refractivity contribution in [1.82, 2.24) is 4.90 Å². The summed E-state index contributed by atoms with van der Waals surface area (Å²) in [4.78, 5) is 25.2. The smallest absolute Gasteiger partial charge is 0.325 e. The molecule has 0 aliphatic heterocycles. The summed E-state index contributed by atoms with van der Waals surface area (Å²) in [7, 11) is 2.88. The molecule has 0 N–H and O–H groups in total. The number of hydrogen-bond acceptors (Lipinski definition) is 4. The first-order chi connectivity index (χ1) is 10.5. The number of rotatable bonds is 8. The molecular formula is C17H25NO4. The zero-order chi connectivity index (χ0) is 16.5. The van der Waals surface area contributed by atoms with Gasteiger partial charge in [0.05, 0.1) is 13.7 Å². The number of esters is 1. The molecule has 0 spiro atoms. The van der Waals surface area contributed by atoms with Crippen molar-refractivity contribution in [2.24, 2.45) is 0 Å². The van der Waals surface area contributed by atoms with E-state index in [1.807, 2.05) is 19.9 Å². The Morgan fingerprint density at radius 1 is 1.18 bits per heavy atom. The van der Waals surface area contributed by atoms with Crippen LogP contribution in [0.5, 0.6) is 0 Å². The molecule has 0 aromatic heterocycles. The fourth-order valence-electron chi connectivity index (χ4n) is 2.24. The Kier molecular flexibility index (Phi) is 7.60. The van der Waals surface area contributed by atoms with Crippen LogP contribution in [0, 0.1) is 13.8 Å². The fraction of sp³-hybridized carbons (Fsp3) is 0.529. The van der Waals surface area contributed by atoms with Crippen LogP contribution in [0.3, 0.4) is 0 Å². The lowest BCUT2D eigenvalue weighted by molar-refractivity contribution is -0.147. The molecule has 0 saturated heterocycles. The first-order valence-electron chi connectivity index (χ1n) is 7.37. The molecule has 0 saturated carbocycles. The van der Waals surface area contributed by atoms with Gasteiger partial charge in [0, 0.05) is 20.1 Å². The number of nitrogens with zero attached hydrogens (tertiary/aromatic N) is 1. The van der Waals surface area contributed by atoms with E-state index < -0.39 is 5.97 Å². The standard InChI is InChI=1S/C17H25NO4/c1-13-5-6-15(14(2)11-13)7-8-16(19)18(9-10-21-3)12-17(20)22-4/h5-6,11H,7-10,12H2,1-4H3. The van der Waals surface area contributed by atoms with Crippen LogP contribution in [0.4, 0.5) is 0 Å². The van der Waals surface area contributed by atoms with Gasteiger partial charge in [-0.1, -0.05) is 23.8 Å². The fourth-order valence-corrected chi connectivity index (χ4v) is 2.24. The van der Waals surface area contributed by atoms with Gasteiger partial charge in [-0.2, -0.15) is 0 Å².